The summed E-state index contributed by atoms with van der Waals surface area (Å²) in [5.74, 6) is -0.160. The fourth-order valence-corrected chi connectivity index (χ4v) is 2.65. The number of carbonyl (C=O) groups is 2. The first kappa shape index (κ1) is 14.3. The molecule has 0 aliphatic carbocycles. The fourth-order valence-electron chi connectivity index (χ4n) is 2.65. The van der Waals surface area contributed by atoms with Crippen molar-refractivity contribution in [2.24, 2.45) is 0 Å². The maximum Gasteiger partial charge on any atom is 0.248 e. The van der Waals surface area contributed by atoms with Crippen LogP contribution in [0.4, 0.5) is 0 Å². The van der Waals surface area contributed by atoms with Crippen LogP contribution in [0.1, 0.15) is 26.7 Å². The number of hydrogen-bond donors (Lipinski definition) is 1. The third-order valence-electron chi connectivity index (χ3n) is 4.20. The number of nitrogens with one attached hydrogen (secondary N) is 1. The summed E-state index contributed by atoms with van der Waals surface area (Å²) >= 11 is 0. The fraction of sp³-hybridized carbons (Fsp3) is 0.846. The zero-order valence-corrected chi connectivity index (χ0v) is 11.8. The molecule has 0 bridgehead atoms. The Bertz CT molecular complexity index is 379. The van der Waals surface area contributed by atoms with Crippen molar-refractivity contribution in [3.63, 3.8) is 0 Å². The van der Waals surface area contributed by atoms with Crippen LogP contribution in [-0.2, 0) is 19.1 Å². The van der Waals surface area contributed by atoms with Gasteiger partial charge >= 0.3 is 0 Å². The van der Waals surface area contributed by atoms with Gasteiger partial charge in [-0.25, -0.2) is 0 Å². The van der Waals surface area contributed by atoms with Gasteiger partial charge in [-0.2, -0.15) is 0 Å². The second kappa shape index (κ2) is 5.09. The van der Waals surface area contributed by atoms with Gasteiger partial charge in [0.05, 0.1) is 19.7 Å². The molecule has 2 rings (SSSR count). The zero-order chi connectivity index (χ0) is 14.1. The number of methoxy groups -OCH3 is 1. The molecule has 0 aromatic carbocycles. The van der Waals surface area contributed by atoms with E-state index in [4.69, 9.17) is 9.47 Å². The van der Waals surface area contributed by atoms with E-state index in [1.54, 1.807) is 18.9 Å². The molecule has 2 atom stereocenters. The molecule has 0 aromatic heterocycles. The monoisotopic (exact) mass is 270 g/mol. The van der Waals surface area contributed by atoms with E-state index in [9.17, 15) is 9.59 Å². The van der Waals surface area contributed by atoms with Gasteiger partial charge in [-0.3, -0.25) is 9.59 Å². The lowest BCUT2D eigenvalue weighted by molar-refractivity contribution is -0.153. The van der Waals surface area contributed by atoms with Crippen LogP contribution in [-0.4, -0.2) is 61.3 Å². The second-order valence-corrected chi connectivity index (χ2v) is 5.58. The molecule has 1 N–H and O–H groups in total. The maximum atomic E-state index is 12.5. The van der Waals surface area contributed by atoms with Gasteiger partial charge in [-0.05, 0) is 13.3 Å². The average molecular weight is 270 g/mol. The molecule has 0 radical (unpaired) electrons. The lowest BCUT2D eigenvalue weighted by Gasteiger charge is -2.42. The van der Waals surface area contributed by atoms with Crippen molar-refractivity contribution in [3.8, 4) is 0 Å². The van der Waals surface area contributed by atoms with Gasteiger partial charge in [-0.15, -0.1) is 0 Å². The van der Waals surface area contributed by atoms with E-state index in [0.717, 1.165) is 6.42 Å². The highest BCUT2D eigenvalue weighted by atomic mass is 16.5. The minimum Gasteiger partial charge on any atom is -0.378 e. The number of carbonyl (C=O) groups excluding carboxylic acids is 2. The van der Waals surface area contributed by atoms with E-state index in [-0.39, 0.29) is 18.4 Å². The summed E-state index contributed by atoms with van der Waals surface area (Å²) in [7, 11) is 1.63. The van der Waals surface area contributed by atoms with Gasteiger partial charge in [0.25, 0.3) is 0 Å². The van der Waals surface area contributed by atoms with Crippen molar-refractivity contribution in [3.05, 3.63) is 0 Å². The Labute approximate surface area is 113 Å². The number of ether oxygens (including phenoxy) is 2. The number of amides is 2. The van der Waals surface area contributed by atoms with Crippen LogP contribution in [0.25, 0.3) is 0 Å². The molecule has 6 nitrogen and oxygen atoms in total. The molecule has 6 heteroatoms. The Kier molecular flexibility index (Phi) is 3.82. The number of nitrogens with zero attached hydrogens (tertiary/aromatic N) is 1. The summed E-state index contributed by atoms with van der Waals surface area (Å²) in [4.78, 5) is 25.9. The van der Waals surface area contributed by atoms with Crippen molar-refractivity contribution in [2.45, 2.75) is 37.8 Å². The molecule has 2 amide bonds. The first-order chi connectivity index (χ1) is 8.95. The van der Waals surface area contributed by atoms with Crippen molar-refractivity contribution in [2.75, 3.05) is 33.4 Å². The maximum absolute atomic E-state index is 12.5. The smallest absolute Gasteiger partial charge is 0.248 e. The molecule has 19 heavy (non-hydrogen) atoms. The standard InChI is InChI=1S/C13H22N2O4/c1-4-12(2)11(17)15(7-10(16)14-12)8-13(18-3)5-6-19-9-13/h4-9H2,1-3H3,(H,14,16). The van der Waals surface area contributed by atoms with Gasteiger partial charge in [-0.1, -0.05) is 6.92 Å². The first-order valence-electron chi connectivity index (χ1n) is 6.68. The van der Waals surface area contributed by atoms with Crippen molar-refractivity contribution in [1.29, 1.82) is 0 Å². The molecular weight excluding hydrogens is 248 g/mol. The zero-order valence-electron chi connectivity index (χ0n) is 11.8. The quantitative estimate of drug-likeness (QED) is 0.776. The number of piperazine rings is 1. The Hall–Kier alpha value is -1.14. The molecule has 2 fully saturated rings. The summed E-state index contributed by atoms with van der Waals surface area (Å²) in [5.41, 5.74) is -1.27. The van der Waals surface area contributed by atoms with Crippen molar-refractivity contribution in [1.82, 2.24) is 10.2 Å². The highest BCUT2D eigenvalue weighted by Crippen LogP contribution is 2.26. The Morgan fingerprint density at radius 3 is 2.74 bits per heavy atom. The van der Waals surface area contributed by atoms with Crippen LogP contribution < -0.4 is 5.32 Å². The predicted molar refractivity (Wildman–Crippen MR) is 68.6 cm³/mol. The molecule has 108 valence electrons. The minimum absolute atomic E-state index is 0.0436. The Morgan fingerprint density at radius 2 is 2.21 bits per heavy atom. The van der Waals surface area contributed by atoms with Crippen LogP contribution in [0.15, 0.2) is 0 Å². The molecule has 2 heterocycles. The Balaban J connectivity index is 2.14. The highest BCUT2D eigenvalue weighted by Gasteiger charge is 2.45. The third-order valence-corrected chi connectivity index (χ3v) is 4.20. The van der Waals surface area contributed by atoms with Gasteiger partial charge < -0.3 is 19.7 Å². The van der Waals surface area contributed by atoms with Crippen LogP contribution >= 0.6 is 0 Å². The lowest BCUT2D eigenvalue weighted by atomic mass is 9.92. The SMILES string of the molecule is CCC1(C)NC(=O)CN(CC2(OC)CCOC2)C1=O. The summed E-state index contributed by atoms with van der Waals surface area (Å²) in [6.07, 6.45) is 1.32. The van der Waals surface area contributed by atoms with Gasteiger partial charge in [0, 0.05) is 20.1 Å². The first-order valence-corrected chi connectivity index (χ1v) is 6.68. The van der Waals surface area contributed by atoms with E-state index < -0.39 is 11.1 Å². The lowest BCUT2D eigenvalue weighted by Crippen LogP contribution is -2.67. The summed E-state index contributed by atoms with van der Waals surface area (Å²) in [6.45, 7) is 5.27. The van der Waals surface area contributed by atoms with Crippen LogP contribution in [0.2, 0.25) is 0 Å². The van der Waals surface area contributed by atoms with Gasteiger partial charge in [0.1, 0.15) is 11.1 Å². The normalized spacial score (nSPS) is 35.6. The van der Waals surface area contributed by atoms with Crippen molar-refractivity contribution < 1.29 is 19.1 Å². The average Bonchev–Trinajstić information content (AvgIpc) is 2.84. The molecule has 2 unspecified atom stereocenters. The second-order valence-electron chi connectivity index (χ2n) is 5.58. The number of rotatable bonds is 4. The molecule has 0 spiro atoms. The van der Waals surface area contributed by atoms with E-state index >= 15 is 0 Å². The van der Waals surface area contributed by atoms with Gasteiger partial charge in [0.2, 0.25) is 11.8 Å². The van der Waals surface area contributed by atoms with E-state index in [1.807, 2.05) is 6.92 Å². The summed E-state index contributed by atoms with van der Waals surface area (Å²) in [5, 5.41) is 2.78. The number of hydrogen-bond acceptors (Lipinski definition) is 4. The van der Waals surface area contributed by atoms with Gasteiger partial charge in [0.15, 0.2) is 0 Å². The van der Waals surface area contributed by atoms with Crippen LogP contribution in [0.3, 0.4) is 0 Å². The topological polar surface area (TPSA) is 67.9 Å². The van der Waals surface area contributed by atoms with E-state index in [1.165, 1.54) is 0 Å². The molecule has 2 saturated heterocycles. The van der Waals surface area contributed by atoms with E-state index in [0.29, 0.717) is 26.2 Å². The summed E-state index contributed by atoms with van der Waals surface area (Å²) in [6, 6.07) is 0. The third kappa shape index (κ3) is 2.60. The van der Waals surface area contributed by atoms with Crippen molar-refractivity contribution >= 4 is 11.8 Å². The molecule has 0 saturated carbocycles. The molecule has 0 aromatic rings. The minimum atomic E-state index is -0.802. The van der Waals surface area contributed by atoms with E-state index in [2.05, 4.69) is 5.32 Å². The molecule has 2 aliphatic rings. The van der Waals surface area contributed by atoms with Crippen LogP contribution in [0, 0.1) is 0 Å². The summed E-state index contributed by atoms with van der Waals surface area (Å²) < 4.78 is 10.9. The largest absolute Gasteiger partial charge is 0.378 e. The molecular formula is C13H22N2O4. The molecule has 2 aliphatic heterocycles. The predicted octanol–water partition coefficient (Wildman–Crippen LogP) is -0.0810. The highest BCUT2D eigenvalue weighted by molar-refractivity contribution is 5.97. The Morgan fingerprint density at radius 1 is 1.47 bits per heavy atom. The van der Waals surface area contributed by atoms with Crippen LogP contribution in [0.5, 0.6) is 0 Å².